The van der Waals surface area contributed by atoms with Gasteiger partial charge in [-0.05, 0) is 28.8 Å². The van der Waals surface area contributed by atoms with E-state index in [-0.39, 0.29) is 6.17 Å². The fourth-order valence-electron chi connectivity index (χ4n) is 4.06. The first kappa shape index (κ1) is 19.2. The Morgan fingerprint density at radius 1 is 0.613 bits per heavy atom. The highest BCUT2D eigenvalue weighted by atomic mass is 15.5. The molecule has 1 unspecified atom stereocenters. The molecule has 4 heteroatoms. The van der Waals surface area contributed by atoms with Crippen molar-refractivity contribution in [3.05, 3.63) is 132 Å². The minimum Gasteiger partial charge on any atom is -0.269 e. The Labute approximate surface area is 182 Å². The second-order valence-electron chi connectivity index (χ2n) is 7.68. The van der Waals surface area contributed by atoms with Crippen molar-refractivity contribution in [2.45, 2.75) is 19.3 Å². The van der Waals surface area contributed by atoms with E-state index in [9.17, 15) is 0 Å². The fraction of sp³-hybridized carbons (Fsp3) is 0.111. The van der Waals surface area contributed by atoms with Crippen LogP contribution >= 0.6 is 0 Å². The first-order chi connectivity index (χ1) is 15.4. The Hall–Kier alpha value is -3.76. The Bertz CT molecular complexity index is 1190. The van der Waals surface area contributed by atoms with Gasteiger partial charge < -0.3 is 0 Å². The zero-order valence-corrected chi connectivity index (χ0v) is 17.3. The molecule has 0 N–H and O–H groups in total. The molecule has 0 aliphatic rings. The molecular weight excluding hydrogens is 380 g/mol. The molecule has 0 spiro atoms. The van der Waals surface area contributed by atoms with E-state index >= 15 is 0 Å². The number of benzene rings is 4. The quantitative estimate of drug-likeness (QED) is 0.350. The fourth-order valence-corrected chi connectivity index (χ4v) is 4.06. The lowest BCUT2D eigenvalue weighted by molar-refractivity contribution is 0.144. The van der Waals surface area contributed by atoms with Gasteiger partial charge in [-0.2, -0.15) is 0 Å². The maximum atomic E-state index is 4.60. The average Bonchev–Trinajstić information content (AvgIpc) is 3.25. The first-order valence-corrected chi connectivity index (χ1v) is 10.6. The van der Waals surface area contributed by atoms with E-state index in [1.807, 2.05) is 18.2 Å². The minimum atomic E-state index is -0.0889. The van der Waals surface area contributed by atoms with Crippen molar-refractivity contribution in [3.63, 3.8) is 0 Å². The molecule has 0 saturated heterocycles. The summed E-state index contributed by atoms with van der Waals surface area (Å²) < 4.78 is 2.05. The third kappa shape index (κ3) is 4.25. The van der Waals surface area contributed by atoms with E-state index < -0.39 is 0 Å². The summed E-state index contributed by atoms with van der Waals surface area (Å²) in [4.78, 5) is 2.46. The maximum absolute atomic E-state index is 4.60. The van der Waals surface area contributed by atoms with Crippen LogP contribution in [0.3, 0.4) is 0 Å². The van der Waals surface area contributed by atoms with E-state index in [1.54, 1.807) is 0 Å². The summed E-state index contributed by atoms with van der Waals surface area (Å²) in [5, 5.41) is 9.05. The lowest BCUT2D eigenvalue weighted by Crippen LogP contribution is -2.33. The van der Waals surface area contributed by atoms with Gasteiger partial charge in [0.1, 0.15) is 11.7 Å². The Morgan fingerprint density at radius 2 is 1.13 bits per heavy atom. The van der Waals surface area contributed by atoms with Gasteiger partial charge in [-0.15, -0.1) is 5.10 Å². The highest BCUT2D eigenvalue weighted by Gasteiger charge is 2.25. The third-order valence-corrected chi connectivity index (χ3v) is 5.51. The summed E-state index contributed by atoms with van der Waals surface area (Å²) >= 11 is 0. The zero-order valence-electron chi connectivity index (χ0n) is 17.3. The molecule has 4 aromatic carbocycles. The summed E-state index contributed by atoms with van der Waals surface area (Å²) in [7, 11) is 0. The van der Waals surface area contributed by atoms with E-state index in [0.717, 1.165) is 24.1 Å². The van der Waals surface area contributed by atoms with Crippen molar-refractivity contribution in [2.24, 2.45) is 0 Å². The van der Waals surface area contributed by atoms with Crippen molar-refractivity contribution in [2.75, 3.05) is 0 Å². The van der Waals surface area contributed by atoms with Gasteiger partial charge in [0.2, 0.25) is 0 Å². The third-order valence-electron chi connectivity index (χ3n) is 5.51. The highest BCUT2D eigenvalue weighted by Crippen LogP contribution is 2.29. The van der Waals surface area contributed by atoms with Gasteiger partial charge in [-0.1, -0.05) is 108 Å². The molecule has 0 saturated carbocycles. The van der Waals surface area contributed by atoms with Crippen LogP contribution in [0, 0.1) is 0 Å². The van der Waals surface area contributed by atoms with Crippen LogP contribution < -0.4 is 0 Å². The normalized spacial score (nSPS) is 12.3. The Kier molecular flexibility index (Phi) is 5.54. The predicted molar refractivity (Wildman–Crippen MR) is 124 cm³/mol. The summed E-state index contributed by atoms with van der Waals surface area (Å²) in [6, 6.07) is 39.9. The summed E-state index contributed by atoms with van der Waals surface area (Å²) in [6.45, 7) is 1.59. The minimum absolute atomic E-state index is 0.0889. The van der Waals surface area contributed by atoms with E-state index in [0.29, 0.717) is 0 Å². The molecule has 0 amide bonds. The smallest absolute Gasteiger partial charge is 0.133 e. The molecule has 31 heavy (non-hydrogen) atoms. The number of hydrogen-bond acceptors (Lipinski definition) is 3. The Morgan fingerprint density at radius 3 is 1.74 bits per heavy atom. The summed E-state index contributed by atoms with van der Waals surface area (Å²) in [5.74, 6) is 0. The van der Waals surface area contributed by atoms with Crippen LogP contribution in [0.1, 0.15) is 22.9 Å². The molecule has 1 heterocycles. The second-order valence-corrected chi connectivity index (χ2v) is 7.68. The van der Waals surface area contributed by atoms with E-state index in [1.165, 1.54) is 16.7 Å². The van der Waals surface area contributed by atoms with Gasteiger partial charge in [-0.3, -0.25) is 4.90 Å². The van der Waals surface area contributed by atoms with Crippen LogP contribution in [-0.4, -0.2) is 19.9 Å². The molecule has 1 atom stereocenters. The van der Waals surface area contributed by atoms with Crippen LogP contribution in [0.15, 0.2) is 115 Å². The molecule has 4 nitrogen and oxygen atoms in total. The second kappa shape index (κ2) is 8.94. The molecule has 0 radical (unpaired) electrons. The van der Waals surface area contributed by atoms with Crippen molar-refractivity contribution >= 4 is 11.0 Å². The maximum Gasteiger partial charge on any atom is 0.133 e. The number of aromatic nitrogens is 3. The van der Waals surface area contributed by atoms with Gasteiger partial charge in [-0.25, -0.2) is 4.68 Å². The first-order valence-electron chi connectivity index (χ1n) is 10.6. The van der Waals surface area contributed by atoms with Crippen LogP contribution in [0.2, 0.25) is 0 Å². The monoisotopic (exact) mass is 404 g/mol. The number of fused-ring (bicyclic) bond motifs is 1. The predicted octanol–water partition coefficient (Wildman–Crippen LogP) is 5.68. The Balaban J connectivity index is 1.64. The van der Waals surface area contributed by atoms with Crippen molar-refractivity contribution in [3.8, 4) is 0 Å². The molecule has 0 fully saturated rings. The molecule has 5 aromatic rings. The van der Waals surface area contributed by atoms with E-state index in [4.69, 9.17) is 0 Å². The number of rotatable bonds is 7. The van der Waals surface area contributed by atoms with Crippen LogP contribution in [0.5, 0.6) is 0 Å². The van der Waals surface area contributed by atoms with Gasteiger partial charge in [0.25, 0.3) is 0 Å². The lowest BCUT2D eigenvalue weighted by Gasteiger charge is -2.32. The van der Waals surface area contributed by atoms with Gasteiger partial charge >= 0.3 is 0 Å². The summed E-state index contributed by atoms with van der Waals surface area (Å²) in [6.07, 6.45) is -0.0889. The van der Waals surface area contributed by atoms with Crippen molar-refractivity contribution in [1.82, 2.24) is 19.9 Å². The van der Waals surface area contributed by atoms with Gasteiger partial charge in [0.15, 0.2) is 0 Å². The lowest BCUT2D eigenvalue weighted by atomic mass is 10.1. The molecule has 5 rings (SSSR count). The largest absolute Gasteiger partial charge is 0.269 e. The highest BCUT2D eigenvalue weighted by molar-refractivity contribution is 5.74. The van der Waals surface area contributed by atoms with Crippen LogP contribution in [0.25, 0.3) is 11.0 Å². The van der Waals surface area contributed by atoms with E-state index in [2.05, 4.69) is 117 Å². The molecule has 0 aliphatic carbocycles. The van der Waals surface area contributed by atoms with Crippen molar-refractivity contribution < 1.29 is 0 Å². The van der Waals surface area contributed by atoms with Gasteiger partial charge in [0, 0.05) is 13.1 Å². The molecule has 0 aliphatic heterocycles. The summed E-state index contributed by atoms with van der Waals surface area (Å²) in [5.41, 5.74) is 5.66. The van der Waals surface area contributed by atoms with Crippen LogP contribution in [0.4, 0.5) is 0 Å². The molecule has 1 aromatic heterocycles. The van der Waals surface area contributed by atoms with Crippen molar-refractivity contribution in [1.29, 1.82) is 0 Å². The number of nitrogens with zero attached hydrogens (tertiary/aromatic N) is 4. The topological polar surface area (TPSA) is 34.0 Å². The number of para-hydroxylation sites is 1. The molecule has 0 bridgehead atoms. The zero-order chi connectivity index (χ0) is 20.9. The number of hydrogen-bond donors (Lipinski definition) is 0. The SMILES string of the molecule is c1ccc(CN(Cc2ccccc2)C(c2ccccc2)n2nnc3ccccc32)cc1. The van der Waals surface area contributed by atoms with Crippen LogP contribution in [-0.2, 0) is 13.1 Å². The average molecular weight is 405 g/mol. The standard InChI is InChI=1S/C27H24N4/c1-4-12-22(13-5-1)20-30(21-23-14-6-2-7-15-23)27(24-16-8-3-9-17-24)31-26-19-11-10-18-25(26)28-29-31/h1-19,27H,20-21H2. The van der Waals surface area contributed by atoms with Gasteiger partial charge in [0.05, 0.1) is 5.52 Å². The molecular formula is C27H24N4. The molecule has 152 valence electrons.